The van der Waals surface area contributed by atoms with E-state index in [1.54, 1.807) is 17.0 Å². The largest absolute Gasteiger partial charge is 0.349 e. The number of nitrogens with zero attached hydrogens (tertiary/aromatic N) is 3. The summed E-state index contributed by atoms with van der Waals surface area (Å²) in [5, 5.41) is 14.3. The first-order valence-electron chi connectivity index (χ1n) is 12.6. The molecule has 5 rings (SSSR count). The van der Waals surface area contributed by atoms with Crippen molar-refractivity contribution in [2.24, 2.45) is 5.41 Å². The van der Waals surface area contributed by atoms with Gasteiger partial charge in [-0.1, -0.05) is 6.07 Å². The Morgan fingerprint density at radius 1 is 1.00 bits per heavy atom. The van der Waals surface area contributed by atoms with E-state index >= 15 is 0 Å². The lowest BCUT2D eigenvalue weighted by atomic mass is 9.72. The predicted molar refractivity (Wildman–Crippen MR) is 135 cm³/mol. The fraction of sp³-hybridized carbons (Fsp3) is 0.321. The second-order valence-electron chi connectivity index (χ2n) is 10.2. The van der Waals surface area contributed by atoms with Gasteiger partial charge in [0.15, 0.2) is 0 Å². The van der Waals surface area contributed by atoms with Crippen molar-refractivity contribution in [2.45, 2.75) is 38.1 Å². The van der Waals surface area contributed by atoms with Crippen molar-refractivity contribution in [3.05, 3.63) is 93.4 Å². The van der Waals surface area contributed by atoms with E-state index in [-0.39, 0.29) is 33.8 Å². The van der Waals surface area contributed by atoms with E-state index in [0.717, 1.165) is 37.1 Å². The maximum atomic E-state index is 14.0. The van der Waals surface area contributed by atoms with Gasteiger partial charge in [0, 0.05) is 37.0 Å². The van der Waals surface area contributed by atoms with Crippen LogP contribution in [0.2, 0.25) is 0 Å². The molecular formula is C28H25F3N4O4. The van der Waals surface area contributed by atoms with Gasteiger partial charge < -0.3 is 10.2 Å². The number of likely N-dealkylation sites (tertiary alicyclic amines) is 1. The highest BCUT2D eigenvalue weighted by Crippen LogP contribution is 2.44. The van der Waals surface area contributed by atoms with Gasteiger partial charge in [-0.3, -0.25) is 24.7 Å². The monoisotopic (exact) mass is 538 g/mol. The van der Waals surface area contributed by atoms with Gasteiger partial charge in [0.2, 0.25) is 5.82 Å². The topological polar surface area (TPSA) is 105 Å². The molecule has 2 aromatic carbocycles. The van der Waals surface area contributed by atoms with Gasteiger partial charge >= 0.3 is 5.69 Å². The summed E-state index contributed by atoms with van der Waals surface area (Å²) in [5.74, 6) is -3.54. The average Bonchev–Trinajstić information content (AvgIpc) is 3.32. The molecule has 3 aromatic rings. The molecule has 1 saturated carbocycles. The molecule has 0 radical (unpaired) electrons. The van der Waals surface area contributed by atoms with E-state index in [1.165, 1.54) is 18.3 Å². The fourth-order valence-corrected chi connectivity index (χ4v) is 5.71. The lowest BCUT2D eigenvalue weighted by Gasteiger charge is -2.37. The number of hydrogen-bond acceptors (Lipinski definition) is 5. The van der Waals surface area contributed by atoms with Crippen molar-refractivity contribution in [3.63, 3.8) is 0 Å². The third kappa shape index (κ3) is 5.34. The molecule has 1 N–H and O–H groups in total. The quantitative estimate of drug-likeness (QED) is 0.352. The SMILES string of the molecule is O=C(NC1CCC2(CC1)CCN(C(=O)c1cccc(F)c1[N+](=O)[O-])C2)c1cccnc1-c1cc(F)cc(F)c1. The smallest absolute Gasteiger partial charge is 0.317 e. The van der Waals surface area contributed by atoms with Crippen LogP contribution in [0.5, 0.6) is 0 Å². The fourth-order valence-electron chi connectivity index (χ4n) is 5.71. The minimum Gasteiger partial charge on any atom is -0.349 e. The lowest BCUT2D eigenvalue weighted by Crippen LogP contribution is -2.42. The standard InChI is InChI=1S/C28H25F3N4O4/c29-18-13-17(14-19(30)15-18)24-21(4-2-11-32-24)26(36)33-20-6-8-28(9-7-20)10-12-34(16-28)27(37)22-3-1-5-23(31)25(22)35(38)39/h1-5,11,13-15,20H,6-10,12,16H2,(H,33,36). The van der Waals surface area contributed by atoms with Crippen molar-refractivity contribution in [1.82, 2.24) is 15.2 Å². The zero-order valence-electron chi connectivity index (χ0n) is 20.8. The average molecular weight is 539 g/mol. The molecule has 1 spiro atoms. The number of nitrogens with one attached hydrogen (secondary N) is 1. The van der Waals surface area contributed by atoms with Gasteiger partial charge in [-0.15, -0.1) is 0 Å². The Morgan fingerprint density at radius 2 is 1.69 bits per heavy atom. The van der Waals surface area contributed by atoms with Crippen molar-refractivity contribution in [1.29, 1.82) is 0 Å². The Kier molecular flexibility index (Phi) is 7.07. The Morgan fingerprint density at radius 3 is 2.38 bits per heavy atom. The summed E-state index contributed by atoms with van der Waals surface area (Å²) in [5.41, 5.74) is -0.712. The van der Waals surface area contributed by atoms with Crippen LogP contribution in [-0.2, 0) is 0 Å². The highest BCUT2D eigenvalue weighted by atomic mass is 19.1. The van der Waals surface area contributed by atoms with Gasteiger partial charge in [-0.05, 0) is 73.9 Å². The first-order chi connectivity index (χ1) is 18.7. The van der Waals surface area contributed by atoms with E-state index in [0.29, 0.717) is 32.4 Å². The Balaban J connectivity index is 1.23. The molecular weight excluding hydrogens is 513 g/mol. The van der Waals surface area contributed by atoms with Crippen LogP contribution < -0.4 is 5.32 Å². The molecule has 1 aliphatic heterocycles. The number of benzene rings is 2. The highest BCUT2D eigenvalue weighted by Gasteiger charge is 2.43. The number of aromatic nitrogens is 1. The van der Waals surface area contributed by atoms with Crippen LogP contribution in [0.25, 0.3) is 11.3 Å². The molecule has 2 aliphatic rings. The molecule has 2 heterocycles. The zero-order valence-corrected chi connectivity index (χ0v) is 20.8. The van der Waals surface area contributed by atoms with Crippen molar-refractivity contribution in [3.8, 4) is 11.3 Å². The first-order valence-corrected chi connectivity index (χ1v) is 12.6. The second kappa shape index (κ2) is 10.5. The van der Waals surface area contributed by atoms with Gasteiger partial charge in [0.25, 0.3) is 11.8 Å². The second-order valence-corrected chi connectivity index (χ2v) is 10.2. The molecule has 0 atom stereocenters. The highest BCUT2D eigenvalue weighted by molar-refractivity contribution is 6.00. The summed E-state index contributed by atoms with van der Waals surface area (Å²) in [4.78, 5) is 42.4. The van der Waals surface area contributed by atoms with E-state index in [2.05, 4.69) is 10.3 Å². The number of nitro groups is 1. The summed E-state index contributed by atoms with van der Waals surface area (Å²) in [6.07, 6.45) is 4.91. The van der Waals surface area contributed by atoms with Gasteiger partial charge in [-0.25, -0.2) is 8.78 Å². The maximum Gasteiger partial charge on any atom is 0.317 e. The van der Waals surface area contributed by atoms with E-state index in [1.807, 2.05) is 0 Å². The van der Waals surface area contributed by atoms with Crippen LogP contribution in [0.3, 0.4) is 0 Å². The zero-order chi connectivity index (χ0) is 27.7. The van der Waals surface area contributed by atoms with E-state index in [4.69, 9.17) is 0 Å². The number of nitro benzene ring substituents is 1. The summed E-state index contributed by atoms with van der Waals surface area (Å²) < 4.78 is 41.6. The summed E-state index contributed by atoms with van der Waals surface area (Å²) in [6, 6.07) is 9.50. The van der Waals surface area contributed by atoms with Crippen LogP contribution in [0, 0.1) is 33.0 Å². The number of pyridine rings is 1. The lowest BCUT2D eigenvalue weighted by molar-refractivity contribution is -0.387. The molecule has 8 nitrogen and oxygen atoms in total. The summed E-state index contributed by atoms with van der Waals surface area (Å²) in [7, 11) is 0. The van der Waals surface area contributed by atoms with Crippen molar-refractivity contribution < 1.29 is 27.7 Å². The molecule has 2 amide bonds. The number of para-hydroxylation sites is 1. The molecule has 1 aliphatic carbocycles. The van der Waals surface area contributed by atoms with Crippen LogP contribution in [-0.4, -0.2) is 45.8 Å². The number of halogens is 3. The van der Waals surface area contributed by atoms with Crippen LogP contribution in [0.15, 0.2) is 54.7 Å². The van der Waals surface area contributed by atoms with Crippen LogP contribution in [0.1, 0.15) is 52.8 Å². The molecule has 1 saturated heterocycles. The van der Waals surface area contributed by atoms with Crippen LogP contribution in [0.4, 0.5) is 18.9 Å². The molecule has 2 fully saturated rings. The molecule has 11 heteroatoms. The number of rotatable bonds is 5. The van der Waals surface area contributed by atoms with Gasteiger partial charge in [-0.2, -0.15) is 4.39 Å². The number of carbonyl (C=O) groups excluding carboxylic acids is 2. The predicted octanol–water partition coefficient (Wildman–Crippen LogP) is 5.28. The molecule has 0 bridgehead atoms. The van der Waals surface area contributed by atoms with Gasteiger partial charge in [0.1, 0.15) is 17.2 Å². The third-order valence-electron chi connectivity index (χ3n) is 7.70. The Hall–Kier alpha value is -4.28. The number of amides is 2. The van der Waals surface area contributed by atoms with Crippen LogP contribution >= 0.6 is 0 Å². The normalized spacial score (nSPS) is 20.7. The third-order valence-corrected chi connectivity index (χ3v) is 7.70. The van der Waals surface area contributed by atoms with Crippen molar-refractivity contribution >= 4 is 17.5 Å². The minimum absolute atomic E-state index is 0.144. The van der Waals surface area contributed by atoms with E-state index in [9.17, 15) is 32.9 Å². The molecule has 202 valence electrons. The minimum atomic E-state index is -1.05. The Labute approximate surface area is 222 Å². The molecule has 0 unspecified atom stereocenters. The summed E-state index contributed by atoms with van der Waals surface area (Å²) in [6.45, 7) is 0.810. The van der Waals surface area contributed by atoms with E-state index < -0.39 is 39.9 Å². The summed E-state index contributed by atoms with van der Waals surface area (Å²) >= 11 is 0. The molecule has 39 heavy (non-hydrogen) atoms. The number of hydrogen-bond donors (Lipinski definition) is 1. The number of carbonyl (C=O) groups is 2. The Bertz CT molecular complexity index is 1440. The molecule has 1 aromatic heterocycles. The van der Waals surface area contributed by atoms with Gasteiger partial charge in [0.05, 0.1) is 16.2 Å². The van der Waals surface area contributed by atoms with Crippen molar-refractivity contribution in [2.75, 3.05) is 13.1 Å². The maximum absolute atomic E-state index is 14.0. The first kappa shape index (κ1) is 26.3.